The molecule has 0 unspecified atom stereocenters. The normalized spacial score (nSPS) is 14.3. The summed E-state index contributed by atoms with van der Waals surface area (Å²) in [5, 5.41) is 9.35. The summed E-state index contributed by atoms with van der Waals surface area (Å²) >= 11 is 1.34. The third-order valence-corrected chi connectivity index (χ3v) is 6.39. The first-order valence-corrected chi connectivity index (χ1v) is 11.3. The number of hydrogen-bond acceptors (Lipinski definition) is 7. The van der Waals surface area contributed by atoms with E-state index in [4.69, 9.17) is 10.5 Å². The van der Waals surface area contributed by atoms with Crippen LogP contribution >= 0.6 is 11.8 Å². The van der Waals surface area contributed by atoms with Gasteiger partial charge in [-0.1, -0.05) is 11.8 Å². The predicted octanol–water partition coefficient (Wildman–Crippen LogP) is 2.15. The van der Waals surface area contributed by atoms with Gasteiger partial charge in [0.1, 0.15) is 5.75 Å². The van der Waals surface area contributed by atoms with Gasteiger partial charge in [-0.3, -0.25) is 19.1 Å². The third kappa shape index (κ3) is 4.75. The lowest BCUT2D eigenvalue weighted by Crippen LogP contribution is -2.42. The summed E-state index contributed by atoms with van der Waals surface area (Å²) in [6.45, 7) is 1.08. The van der Waals surface area contributed by atoms with Crippen LogP contribution in [0.15, 0.2) is 53.9 Å². The molecule has 0 spiro atoms. The fraction of sp³-hybridized carbons (Fsp3) is 0.318. The van der Waals surface area contributed by atoms with Gasteiger partial charge < -0.3 is 15.4 Å². The Morgan fingerprint density at radius 2 is 1.78 bits per heavy atom. The van der Waals surface area contributed by atoms with Crippen molar-refractivity contribution in [1.29, 1.82) is 0 Å². The van der Waals surface area contributed by atoms with Gasteiger partial charge in [-0.2, -0.15) is 0 Å². The molecular formula is C22H24N6O3S. The van der Waals surface area contributed by atoms with Crippen molar-refractivity contribution in [3.05, 3.63) is 48.8 Å². The largest absolute Gasteiger partial charge is 0.497 e. The van der Waals surface area contributed by atoms with E-state index < -0.39 is 0 Å². The number of rotatable bonds is 7. The van der Waals surface area contributed by atoms with E-state index in [1.807, 2.05) is 41.0 Å². The number of carbonyl (C=O) groups excluding carboxylic acids is 2. The van der Waals surface area contributed by atoms with E-state index in [9.17, 15) is 9.59 Å². The number of nitrogens with two attached hydrogens (primary N) is 1. The Bertz CT molecular complexity index is 1080. The predicted molar refractivity (Wildman–Crippen MR) is 120 cm³/mol. The molecule has 0 saturated carbocycles. The molecule has 2 amide bonds. The summed E-state index contributed by atoms with van der Waals surface area (Å²) in [6, 6.07) is 11.3. The Labute approximate surface area is 190 Å². The molecule has 166 valence electrons. The minimum atomic E-state index is -0.289. The molecule has 2 N–H and O–H groups in total. The van der Waals surface area contributed by atoms with Crippen LogP contribution in [0.2, 0.25) is 0 Å². The lowest BCUT2D eigenvalue weighted by molar-refractivity contribution is -0.132. The number of pyridine rings is 1. The molecule has 1 aromatic carbocycles. The van der Waals surface area contributed by atoms with Gasteiger partial charge in [0, 0.05) is 42.7 Å². The number of primary amides is 1. The molecule has 3 aromatic rings. The average Bonchev–Trinajstić information content (AvgIpc) is 3.27. The van der Waals surface area contributed by atoms with Crippen LogP contribution in [-0.4, -0.2) is 62.4 Å². The number of methoxy groups -OCH3 is 1. The molecule has 0 aliphatic carbocycles. The Hall–Kier alpha value is -3.40. The number of carbonyl (C=O) groups is 2. The minimum absolute atomic E-state index is 0.00709. The molecule has 9 nitrogen and oxygen atoms in total. The van der Waals surface area contributed by atoms with E-state index in [1.165, 1.54) is 11.8 Å². The summed E-state index contributed by atoms with van der Waals surface area (Å²) in [5.41, 5.74) is 7.12. The van der Waals surface area contributed by atoms with Crippen LogP contribution < -0.4 is 10.5 Å². The second kappa shape index (κ2) is 9.82. The Morgan fingerprint density at radius 3 is 2.41 bits per heavy atom. The first kappa shape index (κ1) is 21.8. The highest BCUT2D eigenvalue weighted by atomic mass is 32.2. The van der Waals surface area contributed by atoms with E-state index in [-0.39, 0.29) is 23.5 Å². The van der Waals surface area contributed by atoms with Gasteiger partial charge in [0.15, 0.2) is 11.0 Å². The fourth-order valence-corrected chi connectivity index (χ4v) is 4.50. The third-order valence-electron chi connectivity index (χ3n) is 5.48. The van der Waals surface area contributed by atoms with Crippen LogP contribution in [0.5, 0.6) is 5.75 Å². The van der Waals surface area contributed by atoms with E-state index in [1.54, 1.807) is 24.4 Å². The van der Waals surface area contributed by atoms with Gasteiger partial charge in [0.05, 0.1) is 12.9 Å². The van der Waals surface area contributed by atoms with Crippen molar-refractivity contribution in [2.24, 2.45) is 11.7 Å². The number of aromatic nitrogens is 4. The topological polar surface area (TPSA) is 116 Å². The molecular weight excluding hydrogens is 428 g/mol. The van der Waals surface area contributed by atoms with Crippen molar-refractivity contribution in [3.8, 4) is 22.8 Å². The van der Waals surface area contributed by atoms with Crippen LogP contribution in [0.25, 0.3) is 17.1 Å². The first-order chi connectivity index (χ1) is 15.6. The highest BCUT2D eigenvalue weighted by Crippen LogP contribution is 2.29. The van der Waals surface area contributed by atoms with E-state index in [2.05, 4.69) is 15.2 Å². The van der Waals surface area contributed by atoms with Crippen LogP contribution in [0.1, 0.15) is 12.8 Å². The van der Waals surface area contributed by atoms with Crippen LogP contribution in [0.4, 0.5) is 0 Å². The highest BCUT2D eigenvalue weighted by molar-refractivity contribution is 7.99. The van der Waals surface area contributed by atoms with Gasteiger partial charge >= 0.3 is 0 Å². The molecule has 1 saturated heterocycles. The standard InChI is InChI=1S/C22H24N6O3S/c1-31-18-4-2-17(3-5-18)28-21(16-6-10-24-11-7-16)25-26-22(28)32-14-19(29)27-12-8-15(9-13-27)20(23)30/h2-7,10-11,15H,8-9,12-14H2,1H3,(H2,23,30). The zero-order valence-electron chi connectivity index (χ0n) is 17.7. The summed E-state index contributed by atoms with van der Waals surface area (Å²) in [7, 11) is 1.62. The SMILES string of the molecule is COc1ccc(-n2c(SCC(=O)N3CCC(C(N)=O)CC3)nnc2-c2ccncc2)cc1. The van der Waals surface area contributed by atoms with E-state index in [0.29, 0.717) is 36.9 Å². The van der Waals surface area contributed by atoms with Crippen molar-refractivity contribution >= 4 is 23.6 Å². The number of hydrogen-bond donors (Lipinski definition) is 1. The lowest BCUT2D eigenvalue weighted by atomic mass is 9.96. The van der Waals surface area contributed by atoms with Crippen molar-refractivity contribution in [1.82, 2.24) is 24.6 Å². The van der Waals surface area contributed by atoms with E-state index in [0.717, 1.165) is 17.0 Å². The average molecular weight is 453 g/mol. The zero-order valence-corrected chi connectivity index (χ0v) is 18.5. The number of piperidine rings is 1. The number of thioether (sulfide) groups is 1. The Kier molecular flexibility index (Phi) is 6.69. The van der Waals surface area contributed by atoms with Crippen LogP contribution in [-0.2, 0) is 9.59 Å². The van der Waals surface area contributed by atoms with Crippen LogP contribution in [0, 0.1) is 5.92 Å². The fourth-order valence-electron chi connectivity index (χ4n) is 3.65. The molecule has 4 rings (SSSR count). The highest BCUT2D eigenvalue weighted by Gasteiger charge is 2.26. The van der Waals surface area contributed by atoms with Gasteiger partial charge in [0.25, 0.3) is 0 Å². The molecule has 10 heteroatoms. The molecule has 1 aliphatic heterocycles. The van der Waals surface area contributed by atoms with Crippen molar-refractivity contribution in [2.45, 2.75) is 18.0 Å². The maximum absolute atomic E-state index is 12.8. The molecule has 0 bridgehead atoms. The molecule has 3 heterocycles. The molecule has 32 heavy (non-hydrogen) atoms. The Balaban J connectivity index is 1.54. The van der Waals surface area contributed by atoms with Gasteiger partial charge in [-0.25, -0.2) is 0 Å². The summed E-state index contributed by atoms with van der Waals surface area (Å²) in [5.74, 6) is 1.21. The molecule has 1 fully saturated rings. The Morgan fingerprint density at radius 1 is 1.09 bits per heavy atom. The van der Waals surface area contributed by atoms with Gasteiger partial charge in [-0.05, 0) is 49.2 Å². The first-order valence-electron chi connectivity index (χ1n) is 10.3. The van der Waals surface area contributed by atoms with Gasteiger partial charge in [0.2, 0.25) is 11.8 Å². The second-order valence-corrected chi connectivity index (χ2v) is 8.36. The summed E-state index contributed by atoms with van der Waals surface area (Å²) < 4.78 is 7.19. The van der Waals surface area contributed by atoms with Crippen molar-refractivity contribution < 1.29 is 14.3 Å². The molecule has 0 radical (unpaired) electrons. The number of benzene rings is 1. The zero-order chi connectivity index (χ0) is 22.5. The maximum Gasteiger partial charge on any atom is 0.233 e. The number of ether oxygens (including phenoxy) is 1. The monoisotopic (exact) mass is 452 g/mol. The number of nitrogens with zero attached hydrogens (tertiary/aromatic N) is 5. The summed E-state index contributed by atoms with van der Waals surface area (Å²) in [4.78, 5) is 30.0. The minimum Gasteiger partial charge on any atom is -0.497 e. The van der Waals surface area contributed by atoms with Gasteiger partial charge in [-0.15, -0.1) is 10.2 Å². The second-order valence-electron chi connectivity index (χ2n) is 7.42. The molecule has 1 aliphatic rings. The van der Waals surface area contributed by atoms with E-state index >= 15 is 0 Å². The van der Waals surface area contributed by atoms with Crippen molar-refractivity contribution in [2.75, 3.05) is 26.0 Å². The van der Waals surface area contributed by atoms with Crippen molar-refractivity contribution in [3.63, 3.8) is 0 Å². The number of likely N-dealkylation sites (tertiary alicyclic amines) is 1. The number of amides is 2. The maximum atomic E-state index is 12.8. The smallest absolute Gasteiger partial charge is 0.233 e. The molecule has 2 aromatic heterocycles. The van der Waals surface area contributed by atoms with Crippen LogP contribution in [0.3, 0.4) is 0 Å². The quantitative estimate of drug-likeness (QED) is 0.546. The lowest BCUT2D eigenvalue weighted by Gasteiger charge is -2.30. The molecule has 0 atom stereocenters. The summed E-state index contributed by atoms with van der Waals surface area (Å²) in [6.07, 6.45) is 4.63.